The maximum Gasteiger partial charge on any atom is 0.472 e. The Hall–Kier alpha value is -1.78. The van der Waals surface area contributed by atoms with Gasteiger partial charge in [-0.25, -0.2) is 9.36 Å². The van der Waals surface area contributed by atoms with E-state index in [9.17, 15) is 34.1 Å². The quantitative estimate of drug-likeness (QED) is 0.0201. The molecule has 0 aromatic rings. The maximum absolute atomic E-state index is 12.3. The van der Waals surface area contributed by atoms with Gasteiger partial charge in [0.25, 0.3) is 0 Å². The Balaban J connectivity index is 3.87. The molecule has 0 aliphatic carbocycles. The van der Waals surface area contributed by atoms with Gasteiger partial charge in [0.2, 0.25) is 5.91 Å². The van der Waals surface area contributed by atoms with E-state index in [-0.39, 0.29) is 12.8 Å². The van der Waals surface area contributed by atoms with Gasteiger partial charge in [-0.15, -0.1) is 0 Å². The van der Waals surface area contributed by atoms with Crippen molar-refractivity contribution in [2.75, 3.05) is 19.8 Å². The van der Waals surface area contributed by atoms with Crippen LogP contribution in [0.25, 0.3) is 0 Å². The first-order chi connectivity index (χ1) is 27.1. The fourth-order valence-electron chi connectivity index (χ4n) is 6.49. The van der Waals surface area contributed by atoms with Crippen LogP contribution >= 0.6 is 7.82 Å². The normalized spacial score (nSPS) is 13.8. The summed E-state index contributed by atoms with van der Waals surface area (Å²) >= 11 is 0. The highest BCUT2D eigenvalue weighted by Crippen LogP contribution is 2.43. The molecule has 0 saturated carbocycles. The molecular formula is C44H84NO10P. The van der Waals surface area contributed by atoms with Crippen molar-refractivity contribution in [3.05, 3.63) is 12.2 Å². The van der Waals surface area contributed by atoms with E-state index in [0.717, 1.165) is 51.4 Å². The van der Waals surface area contributed by atoms with E-state index >= 15 is 0 Å². The van der Waals surface area contributed by atoms with Crippen LogP contribution in [0.1, 0.15) is 219 Å². The standard InChI is InChI=1S/C44H84NO10P/c1-3-5-7-9-11-13-15-17-19-20-22-23-25-27-29-31-33-35-42(47)45-41(44(49)50)39-55-56(51,52)54-38-40(46)37-53-43(48)36-34-32-30-28-26-24-21-18-16-14-12-10-8-6-4-2/h17,19,40-41,46H,3-16,18,20-39H2,1-2H3,(H,45,47)(H,49,50)(H,51,52)/b19-17-. The second-order valence-electron chi connectivity index (χ2n) is 15.6. The molecule has 3 unspecified atom stereocenters. The van der Waals surface area contributed by atoms with Crippen molar-refractivity contribution in [3.63, 3.8) is 0 Å². The smallest absolute Gasteiger partial charge is 0.472 e. The largest absolute Gasteiger partial charge is 0.480 e. The van der Waals surface area contributed by atoms with E-state index in [0.29, 0.717) is 12.8 Å². The molecule has 11 nitrogen and oxygen atoms in total. The number of carbonyl (C=O) groups is 3. The Labute approximate surface area is 341 Å². The van der Waals surface area contributed by atoms with E-state index in [1.165, 1.54) is 128 Å². The van der Waals surface area contributed by atoms with E-state index in [2.05, 4.69) is 31.3 Å². The van der Waals surface area contributed by atoms with Crippen molar-refractivity contribution < 1.29 is 47.8 Å². The van der Waals surface area contributed by atoms with Gasteiger partial charge < -0.3 is 25.2 Å². The highest BCUT2D eigenvalue weighted by atomic mass is 31.2. The second kappa shape index (κ2) is 40.0. The number of aliphatic carboxylic acids is 1. The lowest BCUT2D eigenvalue weighted by molar-refractivity contribution is -0.147. The lowest BCUT2D eigenvalue weighted by Crippen LogP contribution is -2.43. The van der Waals surface area contributed by atoms with Crippen LogP contribution < -0.4 is 5.32 Å². The van der Waals surface area contributed by atoms with E-state index in [1.807, 2.05) is 0 Å². The summed E-state index contributed by atoms with van der Waals surface area (Å²) in [5, 5.41) is 21.8. The molecule has 0 rings (SSSR count). The molecule has 1 amide bonds. The van der Waals surface area contributed by atoms with Gasteiger partial charge in [-0.2, -0.15) is 0 Å². The fraction of sp³-hybridized carbons (Fsp3) is 0.886. The number of phosphoric acid groups is 1. The molecular weight excluding hydrogens is 733 g/mol. The third kappa shape index (κ3) is 39.1. The molecule has 4 N–H and O–H groups in total. The molecule has 0 radical (unpaired) electrons. The Bertz CT molecular complexity index is 1010. The van der Waals surface area contributed by atoms with Crippen LogP contribution in [0.5, 0.6) is 0 Å². The molecule has 0 saturated heterocycles. The molecule has 0 aliphatic heterocycles. The summed E-state index contributed by atoms with van der Waals surface area (Å²) in [6, 6.07) is -1.54. The number of carboxylic acid groups (broad SMARTS) is 1. The van der Waals surface area contributed by atoms with E-state index in [1.54, 1.807) is 0 Å². The predicted octanol–water partition coefficient (Wildman–Crippen LogP) is 11.7. The van der Waals surface area contributed by atoms with Crippen LogP contribution in [-0.4, -0.2) is 64.9 Å². The number of aliphatic hydroxyl groups is 1. The van der Waals surface area contributed by atoms with Gasteiger partial charge in [-0.05, 0) is 38.5 Å². The third-order valence-electron chi connectivity index (χ3n) is 10.1. The number of hydrogen-bond acceptors (Lipinski definition) is 8. The molecule has 0 aromatic carbocycles. The highest BCUT2D eigenvalue weighted by molar-refractivity contribution is 7.47. The van der Waals surface area contributed by atoms with Crippen molar-refractivity contribution in [1.82, 2.24) is 5.32 Å². The molecule has 12 heteroatoms. The number of hydrogen-bond donors (Lipinski definition) is 4. The van der Waals surface area contributed by atoms with Gasteiger partial charge in [0.15, 0.2) is 6.04 Å². The Morgan fingerprint density at radius 2 is 0.929 bits per heavy atom. The van der Waals surface area contributed by atoms with Crippen LogP contribution in [0.15, 0.2) is 12.2 Å². The van der Waals surface area contributed by atoms with Crippen LogP contribution in [0.2, 0.25) is 0 Å². The van der Waals surface area contributed by atoms with Crippen LogP contribution in [0.4, 0.5) is 0 Å². The van der Waals surface area contributed by atoms with Gasteiger partial charge in [0.05, 0.1) is 13.2 Å². The number of rotatable bonds is 43. The number of phosphoric ester groups is 1. The number of ether oxygens (including phenoxy) is 1. The summed E-state index contributed by atoms with van der Waals surface area (Å²) in [6.45, 7) is 2.61. The molecule has 0 aliphatic rings. The zero-order chi connectivity index (χ0) is 41.4. The van der Waals surface area contributed by atoms with Crippen LogP contribution in [0, 0.1) is 0 Å². The first-order valence-electron chi connectivity index (χ1n) is 22.7. The molecule has 330 valence electrons. The summed E-state index contributed by atoms with van der Waals surface area (Å²) in [4.78, 5) is 45.9. The lowest BCUT2D eigenvalue weighted by atomic mass is 10.0. The van der Waals surface area contributed by atoms with Crippen molar-refractivity contribution >= 4 is 25.7 Å². The SMILES string of the molecule is CCCCCCCC/C=C\CCCCCCCCCC(=O)NC(COP(=O)(O)OCC(O)COC(=O)CCCCCCCCCCCCCCCCC)C(=O)O. The third-order valence-corrected chi connectivity index (χ3v) is 11.0. The summed E-state index contributed by atoms with van der Waals surface area (Å²) < 4.78 is 26.8. The van der Waals surface area contributed by atoms with Gasteiger partial charge >= 0.3 is 19.8 Å². The number of amides is 1. The molecule has 0 fully saturated rings. The number of nitrogens with one attached hydrogen (secondary N) is 1. The van der Waals surface area contributed by atoms with Crippen molar-refractivity contribution in [1.29, 1.82) is 0 Å². The minimum atomic E-state index is -4.75. The molecule has 56 heavy (non-hydrogen) atoms. The van der Waals surface area contributed by atoms with E-state index < -0.39 is 57.6 Å². The second-order valence-corrected chi connectivity index (χ2v) is 17.0. The van der Waals surface area contributed by atoms with Gasteiger partial charge in [0, 0.05) is 12.8 Å². The average Bonchev–Trinajstić information content (AvgIpc) is 3.17. The van der Waals surface area contributed by atoms with Gasteiger partial charge in [0.1, 0.15) is 12.7 Å². The topological polar surface area (TPSA) is 169 Å². The molecule has 0 heterocycles. The summed E-state index contributed by atoms with van der Waals surface area (Å²) in [6.07, 6.45) is 39.4. The minimum absolute atomic E-state index is 0.144. The fourth-order valence-corrected chi connectivity index (χ4v) is 7.26. The summed E-state index contributed by atoms with van der Waals surface area (Å²) in [5.41, 5.74) is 0. The Morgan fingerprint density at radius 1 is 0.554 bits per heavy atom. The monoisotopic (exact) mass is 818 g/mol. The number of unbranched alkanes of at least 4 members (excludes halogenated alkanes) is 27. The average molecular weight is 818 g/mol. The molecule has 0 spiro atoms. The van der Waals surface area contributed by atoms with Gasteiger partial charge in [-0.1, -0.05) is 180 Å². The van der Waals surface area contributed by atoms with Gasteiger partial charge in [-0.3, -0.25) is 18.6 Å². The summed E-state index contributed by atoms with van der Waals surface area (Å²) in [7, 11) is -4.75. The molecule has 0 bridgehead atoms. The number of carbonyl (C=O) groups excluding carboxylic acids is 2. The number of aliphatic hydroxyl groups excluding tert-OH is 1. The van der Waals surface area contributed by atoms with E-state index in [4.69, 9.17) is 13.8 Å². The predicted molar refractivity (Wildman–Crippen MR) is 226 cm³/mol. The van der Waals surface area contributed by atoms with Crippen LogP contribution in [-0.2, 0) is 32.7 Å². The maximum atomic E-state index is 12.3. The van der Waals surface area contributed by atoms with Crippen molar-refractivity contribution in [2.45, 2.75) is 231 Å². The Morgan fingerprint density at radius 3 is 1.36 bits per heavy atom. The highest BCUT2D eigenvalue weighted by Gasteiger charge is 2.28. The van der Waals surface area contributed by atoms with Crippen molar-refractivity contribution in [3.8, 4) is 0 Å². The first-order valence-corrected chi connectivity index (χ1v) is 24.2. The van der Waals surface area contributed by atoms with Crippen LogP contribution in [0.3, 0.4) is 0 Å². The molecule has 3 atom stereocenters. The lowest BCUT2D eigenvalue weighted by Gasteiger charge is -2.18. The number of esters is 1. The summed E-state index contributed by atoms with van der Waals surface area (Å²) in [5.74, 6) is -2.37. The number of carboxylic acids is 1. The zero-order valence-electron chi connectivity index (χ0n) is 35.7. The number of allylic oxidation sites excluding steroid dienone is 2. The minimum Gasteiger partial charge on any atom is -0.480 e. The van der Waals surface area contributed by atoms with Crippen molar-refractivity contribution in [2.24, 2.45) is 0 Å². The Kier molecular flexibility index (Phi) is 38.7. The molecule has 0 aromatic heterocycles. The zero-order valence-corrected chi connectivity index (χ0v) is 36.6. The first kappa shape index (κ1) is 54.2.